The van der Waals surface area contributed by atoms with Gasteiger partial charge in [-0.3, -0.25) is 14.5 Å². The Morgan fingerprint density at radius 3 is 2.42 bits per heavy atom. The first kappa shape index (κ1) is 27.6. The van der Waals surface area contributed by atoms with Crippen LogP contribution in [0.4, 0.5) is 5.69 Å². The third kappa shape index (κ3) is 3.96. The van der Waals surface area contributed by atoms with Crippen molar-refractivity contribution in [2.24, 2.45) is 22.7 Å². The van der Waals surface area contributed by atoms with E-state index in [1.165, 1.54) is 6.07 Å². The molecule has 1 saturated carbocycles. The summed E-state index contributed by atoms with van der Waals surface area (Å²) < 4.78 is 0. The Morgan fingerprint density at radius 2 is 1.87 bits per heavy atom. The fourth-order valence-electron chi connectivity index (χ4n) is 5.94. The van der Waals surface area contributed by atoms with E-state index in [-0.39, 0.29) is 41.8 Å². The van der Waals surface area contributed by atoms with Gasteiger partial charge in [-0.1, -0.05) is 5.16 Å². The van der Waals surface area contributed by atoms with Gasteiger partial charge in [0, 0.05) is 23.6 Å². The zero-order valence-corrected chi connectivity index (χ0v) is 22.5. The predicted molar refractivity (Wildman–Crippen MR) is 142 cm³/mol. The lowest BCUT2D eigenvalue weighted by Crippen LogP contribution is -2.65. The molecule has 4 atom stereocenters. The lowest BCUT2D eigenvalue weighted by Gasteiger charge is -2.50. The minimum Gasteiger partial charge on any atom is -0.508 e. The van der Waals surface area contributed by atoms with Crippen LogP contribution in [0.1, 0.15) is 50.8 Å². The van der Waals surface area contributed by atoms with Gasteiger partial charge in [0.05, 0.1) is 28.6 Å². The summed E-state index contributed by atoms with van der Waals surface area (Å²) in [4.78, 5) is 34.3. The number of hydrogen-bond donors (Lipinski definition) is 6. The molecule has 11 heteroatoms. The van der Waals surface area contributed by atoms with Crippen LogP contribution >= 0.6 is 0 Å². The summed E-state index contributed by atoms with van der Waals surface area (Å²) >= 11 is 0. The van der Waals surface area contributed by atoms with Crippen molar-refractivity contribution < 1.29 is 34.9 Å². The Kier molecular flexibility index (Phi) is 6.62. The minimum absolute atomic E-state index is 0.0366. The van der Waals surface area contributed by atoms with Crippen molar-refractivity contribution >= 4 is 28.7 Å². The Morgan fingerprint density at radius 1 is 1.24 bits per heavy atom. The number of oxime groups is 1. The van der Waals surface area contributed by atoms with Crippen molar-refractivity contribution in [2.45, 2.75) is 57.8 Å². The number of hydrogen-bond acceptors (Lipinski definition) is 11. The minimum atomic E-state index is -2.47. The highest BCUT2D eigenvalue weighted by molar-refractivity contribution is 6.15. The van der Waals surface area contributed by atoms with Gasteiger partial charge < -0.3 is 36.7 Å². The monoisotopic (exact) mass is 528 g/mol. The largest absolute Gasteiger partial charge is 0.508 e. The van der Waals surface area contributed by atoms with Crippen LogP contribution in [0.2, 0.25) is 0 Å². The zero-order chi connectivity index (χ0) is 28.5. The number of carbonyl (C=O) groups excluding carboxylic acids is 2. The summed E-state index contributed by atoms with van der Waals surface area (Å²) in [6, 6.07) is 0.610. The van der Waals surface area contributed by atoms with E-state index in [1.54, 1.807) is 25.9 Å². The third-order valence-electron chi connectivity index (χ3n) is 7.65. The Bertz CT molecular complexity index is 1320. The summed E-state index contributed by atoms with van der Waals surface area (Å²) in [6.45, 7) is 6.86. The van der Waals surface area contributed by atoms with Gasteiger partial charge in [-0.2, -0.15) is 0 Å². The molecular formula is C27H36N4O7. The van der Waals surface area contributed by atoms with E-state index < -0.39 is 57.9 Å². The highest BCUT2D eigenvalue weighted by atomic mass is 16.6. The van der Waals surface area contributed by atoms with Gasteiger partial charge in [0.1, 0.15) is 22.9 Å². The Labute approximate surface area is 221 Å². The van der Waals surface area contributed by atoms with E-state index in [4.69, 9.17) is 16.3 Å². The quantitative estimate of drug-likeness (QED) is 0.145. The standard InChI is InChI=1S/C27H36N4O7/c1-11(30-38-26(2,3)4)13-9-17(29)22(33)19-14(13)7-12-8-16-20(31(5)6)21(32)15(10-28)24(35)27(16,37)25(36)18(12)23(19)34/h9,12,16,20,33-35,37H,7-8,10,28-29H2,1-6H3/b30-11+/t12-,16?,20-,27+/m0/s1. The fraction of sp³-hybridized carbons (Fsp3) is 0.519. The highest BCUT2D eigenvalue weighted by Gasteiger charge is 2.63. The van der Waals surface area contributed by atoms with Crippen LogP contribution in [-0.4, -0.2) is 80.5 Å². The molecule has 206 valence electrons. The first-order chi connectivity index (χ1) is 17.6. The number of phenolic OH excluding ortho intramolecular Hbond substituents is 1. The average molecular weight is 529 g/mol. The number of benzene rings is 1. The number of anilines is 1. The molecule has 0 aromatic heterocycles. The van der Waals surface area contributed by atoms with Crippen molar-refractivity contribution in [1.29, 1.82) is 0 Å². The molecule has 0 radical (unpaired) electrons. The first-order valence-corrected chi connectivity index (χ1v) is 12.5. The number of phenols is 1. The summed E-state index contributed by atoms with van der Waals surface area (Å²) in [7, 11) is 3.30. The second kappa shape index (κ2) is 9.11. The summed E-state index contributed by atoms with van der Waals surface area (Å²) in [5.74, 6) is -4.76. The van der Waals surface area contributed by atoms with Crippen LogP contribution in [0.25, 0.3) is 5.76 Å². The number of rotatable bonds is 4. The van der Waals surface area contributed by atoms with Crippen LogP contribution in [0.3, 0.4) is 0 Å². The molecule has 1 fully saturated rings. The molecule has 0 aliphatic heterocycles. The van der Waals surface area contributed by atoms with Crippen molar-refractivity contribution in [1.82, 2.24) is 4.90 Å². The topological polar surface area (TPSA) is 192 Å². The van der Waals surface area contributed by atoms with Gasteiger partial charge in [0.25, 0.3) is 0 Å². The van der Waals surface area contributed by atoms with Gasteiger partial charge in [-0.15, -0.1) is 0 Å². The van der Waals surface area contributed by atoms with Crippen LogP contribution < -0.4 is 11.5 Å². The molecule has 0 heterocycles. The second-order valence-electron chi connectivity index (χ2n) is 11.5. The number of fused-ring (bicyclic) bond motifs is 3. The SMILES string of the molecule is C/C(=N\OC(C)(C)C)c1cc(N)c(O)c2c1C[C@H]1CC3[C@H](N(C)C)C(=O)C(CN)=C(O)[C@@]3(O)C(=O)C1=C2O. The van der Waals surface area contributed by atoms with E-state index in [1.807, 2.05) is 20.8 Å². The molecule has 11 nitrogen and oxygen atoms in total. The number of aliphatic hydroxyl groups excluding tert-OH is 2. The summed E-state index contributed by atoms with van der Waals surface area (Å²) in [6.07, 6.45) is 0.276. The molecule has 1 aromatic rings. The van der Waals surface area contributed by atoms with E-state index >= 15 is 0 Å². The highest BCUT2D eigenvalue weighted by Crippen LogP contribution is 2.53. The molecule has 1 unspecified atom stereocenters. The van der Waals surface area contributed by atoms with Gasteiger partial charge in [0.15, 0.2) is 11.4 Å². The zero-order valence-electron chi connectivity index (χ0n) is 22.5. The van der Waals surface area contributed by atoms with Crippen LogP contribution in [-0.2, 0) is 20.8 Å². The first-order valence-electron chi connectivity index (χ1n) is 12.5. The number of carbonyl (C=O) groups is 2. The third-order valence-corrected chi connectivity index (χ3v) is 7.65. The van der Waals surface area contributed by atoms with Crippen LogP contribution in [0.15, 0.2) is 28.1 Å². The summed E-state index contributed by atoms with van der Waals surface area (Å²) in [5, 5.41) is 49.1. The molecule has 3 aliphatic rings. The van der Waals surface area contributed by atoms with E-state index in [2.05, 4.69) is 5.16 Å². The van der Waals surface area contributed by atoms with Crippen molar-refractivity contribution in [3.05, 3.63) is 39.7 Å². The normalized spacial score (nSPS) is 27.9. The number of likely N-dealkylation sites (N-methyl/N-ethyl adjacent to an activating group) is 1. The Balaban J connectivity index is 1.94. The number of nitrogens with two attached hydrogens (primary N) is 2. The molecule has 0 spiro atoms. The number of nitrogen functional groups attached to an aromatic ring is 1. The maximum Gasteiger partial charge on any atom is 0.202 e. The average Bonchev–Trinajstić information content (AvgIpc) is 2.81. The number of aromatic hydroxyl groups is 1. The molecule has 0 bridgehead atoms. The number of nitrogens with zero attached hydrogens (tertiary/aromatic N) is 2. The summed E-state index contributed by atoms with van der Waals surface area (Å²) in [5.41, 5.74) is 9.78. The van der Waals surface area contributed by atoms with Gasteiger partial charge >= 0.3 is 0 Å². The van der Waals surface area contributed by atoms with Gasteiger partial charge in [-0.25, -0.2) is 0 Å². The van der Waals surface area contributed by atoms with Crippen molar-refractivity contribution in [2.75, 3.05) is 26.4 Å². The fourth-order valence-corrected chi connectivity index (χ4v) is 5.94. The van der Waals surface area contributed by atoms with Crippen molar-refractivity contribution in [3.63, 3.8) is 0 Å². The van der Waals surface area contributed by atoms with E-state index in [9.17, 15) is 30.0 Å². The number of ketones is 2. The van der Waals surface area contributed by atoms with E-state index in [0.29, 0.717) is 16.8 Å². The molecule has 3 aliphatic carbocycles. The van der Waals surface area contributed by atoms with Crippen LogP contribution in [0, 0.1) is 11.8 Å². The number of aliphatic hydroxyl groups is 3. The molecule has 1 aromatic carbocycles. The molecule has 0 amide bonds. The van der Waals surface area contributed by atoms with Gasteiger partial charge in [0.2, 0.25) is 5.78 Å². The van der Waals surface area contributed by atoms with Gasteiger partial charge in [-0.05, 0) is 72.2 Å². The lowest BCUT2D eigenvalue weighted by molar-refractivity contribution is -0.153. The van der Waals surface area contributed by atoms with Crippen molar-refractivity contribution in [3.8, 4) is 5.75 Å². The maximum absolute atomic E-state index is 13.9. The molecule has 8 N–H and O–H groups in total. The van der Waals surface area contributed by atoms with Crippen LogP contribution in [0.5, 0.6) is 5.75 Å². The lowest BCUT2D eigenvalue weighted by atomic mass is 9.57. The Hall–Kier alpha value is -3.41. The smallest absolute Gasteiger partial charge is 0.202 e. The molecule has 0 saturated heterocycles. The van der Waals surface area contributed by atoms with E-state index in [0.717, 1.165) is 0 Å². The number of Topliss-reactive ketones (excluding diaryl/α,β-unsaturated/α-hetero) is 2. The molecular weight excluding hydrogens is 492 g/mol. The predicted octanol–water partition coefficient (Wildman–Crippen LogP) is 1.56. The molecule has 4 rings (SSSR count). The second-order valence-corrected chi connectivity index (χ2v) is 11.5. The maximum atomic E-state index is 13.9. The molecule has 38 heavy (non-hydrogen) atoms.